The van der Waals surface area contributed by atoms with Crippen LogP contribution in [0, 0.1) is 0 Å². The van der Waals surface area contributed by atoms with E-state index in [0.717, 1.165) is 0 Å². The molecule has 6 heteroatoms. The molecule has 0 rings (SSSR count). The molecule has 0 fully saturated rings. The van der Waals surface area contributed by atoms with Crippen LogP contribution in [0.2, 0.25) is 0 Å². The van der Waals surface area contributed by atoms with Gasteiger partial charge in [0.25, 0.3) is 0 Å². The quantitative estimate of drug-likeness (QED) is 0.200. The van der Waals surface area contributed by atoms with Crippen LogP contribution in [0.1, 0.15) is 0 Å². The van der Waals surface area contributed by atoms with Gasteiger partial charge in [0.15, 0.2) is 0 Å². The summed E-state index contributed by atoms with van der Waals surface area (Å²) in [5.41, 5.74) is 0. The monoisotopic (exact) mass is 334 g/mol. The first-order valence-corrected chi connectivity index (χ1v) is 0.200. The van der Waals surface area contributed by atoms with Crippen LogP contribution in [-0.4, -0.2) is 10.5 Å². The van der Waals surface area contributed by atoms with Crippen molar-refractivity contribution in [2.24, 2.45) is 0 Å². The first-order chi connectivity index (χ1) is 1.00. The summed E-state index contributed by atoms with van der Waals surface area (Å²) >= 11 is 0. The molecule has 0 bridgehead atoms. The molecule has 30 valence electrons. The minimum atomic E-state index is 0. The Morgan fingerprint density at radius 3 is 0.667 bits per heavy atom. The van der Waals surface area contributed by atoms with Gasteiger partial charge in [0, 0.05) is 0 Å². The van der Waals surface area contributed by atoms with Gasteiger partial charge in [-0.15, -0.1) is 0 Å². The Kier molecular flexibility index (Phi) is 229. The first kappa shape index (κ1) is 34.3. The fourth-order valence-electron chi connectivity index (χ4n) is 0. The summed E-state index contributed by atoms with van der Waals surface area (Å²) in [6, 6.07) is 0. The maximum absolute atomic E-state index is 6.00. The molecular formula is H2I2Na2O2. The van der Waals surface area contributed by atoms with Crippen LogP contribution in [0.5, 0.6) is 0 Å². The summed E-state index contributed by atoms with van der Waals surface area (Å²) in [6.45, 7) is 0. The second-order valence-electron chi connectivity index (χ2n) is 0. The maximum atomic E-state index is 6.00. The second kappa shape index (κ2) is 40.0. The van der Waals surface area contributed by atoms with E-state index in [0.29, 0.717) is 0 Å². The van der Waals surface area contributed by atoms with E-state index in [2.05, 4.69) is 0 Å². The van der Waals surface area contributed by atoms with E-state index in [1.54, 1.807) is 0 Å². The van der Waals surface area contributed by atoms with E-state index < -0.39 is 0 Å². The van der Waals surface area contributed by atoms with Gasteiger partial charge >= 0.3 is 59.1 Å². The van der Waals surface area contributed by atoms with Crippen LogP contribution >= 0.6 is 0 Å². The molecular weight excluding hydrogens is 332 g/mol. The Balaban J connectivity index is -0.000000000833. The van der Waals surface area contributed by atoms with Crippen molar-refractivity contribution < 1.29 is 118 Å². The molecule has 0 spiro atoms. The van der Waals surface area contributed by atoms with Crippen molar-refractivity contribution in [1.29, 1.82) is 0 Å². The maximum Gasteiger partial charge on any atom is 1.00 e. The van der Waals surface area contributed by atoms with E-state index >= 15 is 0 Å². The van der Waals surface area contributed by atoms with Crippen molar-refractivity contribution in [2.45, 2.75) is 0 Å². The minimum absolute atomic E-state index is 0. The largest absolute Gasteiger partial charge is 1.00 e. The normalized spacial score (nSPS) is 1.00. The molecule has 0 saturated heterocycles. The minimum Gasteiger partial charge on any atom is -1.00 e. The van der Waals surface area contributed by atoms with Gasteiger partial charge < -0.3 is 48.0 Å². The second-order valence-corrected chi connectivity index (χ2v) is 0. The molecule has 2 N–H and O–H groups in total. The fourth-order valence-corrected chi connectivity index (χ4v) is 0. The Bertz CT molecular complexity index is 9.51. The van der Waals surface area contributed by atoms with Crippen molar-refractivity contribution in [2.75, 3.05) is 0 Å². The number of hydrogen-bond donors (Lipinski definition) is 2. The van der Waals surface area contributed by atoms with Gasteiger partial charge in [-0.05, 0) is 0 Å². The van der Waals surface area contributed by atoms with Crippen molar-refractivity contribution in [1.82, 2.24) is 0 Å². The molecule has 0 aromatic rings. The van der Waals surface area contributed by atoms with Gasteiger partial charge in [0.2, 0.25) is 0 Å². The molecule has 0 amide bonds. The average Bonchev–Trinajstić information content (AvgIpc) is 1.00. The summed E-state index contributed by atoms with van der Waals surface area (Å²) in [5.74, 6) is 0. The molecule has 0 heterocycles. The zero-order valence-corrected chi connectivity index (χ0v) is 12.0. The summed E-state index contributed by atoms with van der Waals surface area (Å²) < 4.78 is 0. The first-order valence-electron chi connectivity index (χ1n) is 0.200. The molecule has 0 aromatic carbocycles. The zero-order valence-electron chi connectivity index (χ0n) is 3.65. The van der Waals surface area contributed by atoms with E-state index in [1.807, 2.05) is 0 Å². The average molecular weight is 334 g/mol. The molecule has 0 aliphatic heterocycles. The summed E-state index contributed by atoms with van der Waals surface area (Å²) in [7, 11) is 0. The van der Waals surface area contributed by atoms with Crippen molar-refractivity contribution in [3.63, 3.8) is 0 Å². The molecule has 0 radical (unpaired) electrons. The van der Waals surface area contributed by atoms with Crippen LogP contribution in [0.3, 0.4) is 0 Å². The topological polar surface area (TPSA) is 40.5 Å². The number of halogens is 2. The van der Waals surface area contributed by atoms with Gasteiger partial charge in [0.1, 0.15) is 0 Å². The van der Waals surface area contributed by atoms with Crippen LogP contribution in [0.4, 0.5) is 0 Å². The predicted molar refractivity (Wildman–Crippen MR) is 5.26 cm³/mol. The Morgan fingerprint density at radius 1 is 0.667 bits per heavy atom. The van der Waals surface area contributed by atoms with Gasteiger partial charge in [-0.3, -0.25) is 10.5 Å². The molecule has 0 aliphatic carbocycles. The Hall–Kier alpha value is 3.38. The van der Waals surface area contributed by atoms with Gasteiger partial charge in [-0.2, -0.15) is 0 Å². The Morgan fingerprint density at radius 2 is 0.667 bits per heavy atom. The summed E-state index contributed by atoms with van der Waals surface area (Å²) in [6.07, 6.45) is 0. The van der Waals surface area contributed by atoms with Crippen LogP contribution in [0.25, 0.3) is 0 Å². The van der Waals surface area contributed by atoms with Crippen molar-refractivity contribution >= 4 is 0 Å². The fraction of sp³-hybridized carbons (Fsp3) is 0. The smallest absolute Gasteiger partial charge is 1.00 e. The van der Waals surface area contributed by atoms with E-state index in [-0.39, 0.29) is 107 Å². The van der Waals surface area contributed by atoms with E-state index in [1.165, 1.54) is 0 Å². The van der Waals surface area contributed by atoms with E-state index in [4.69, 9.17) is 10.5 Å². The van der Waals surface area contributed by atoms with Gasteiger partial charge in [0.05, 0.1) is 0 Å². The Labute approximate surface area is 115 Å². The van der Waals surface area contributed by atoms with Crippen LogP contribution < -0.4 is 107 Å². The molecule has 6 heavy (non-hydrogen) atoms. The summed E-state index contributed by atoms with van der Waals surface area (Å²) in [4.78, 5) is 0. The van der Waals surface area contributed by atoms with Gasteiger partial charge in [-0.25, -0.2) is 0 Å². The summed E-state index contributed by atoms with van der Waals surface area (Å²) in [5, 5.41) is 12.0. The molecule has 0 aromatic heterocycles. The number of rotatable bonds is 0. The molecule has 2 nitrogen and oxygen atoms in total. The van der Waals surface area contributed by atoms with Gasteiger partial charge in [-0.1, -0.05) is 0 Å². The van der Waals surface area contributed by atoms with Crippen molar-refractivity contribution in [3.8, 4) is 0 Å². The predicted octanol–water partition coefficient (Wildman–Crippen LogP) is -12.0. The van der Waals surface area contributed by atoms with E-state index in [9.17, 15) is 0 Å². The molecule has 0 unspecified atom stereocenters. The third kappa shape index (κ3) is 26.3. The zero-order chi connectivity index (χ0) is 2.00. The third-order valence-electron chi connectivity index (χ3n) is 0. The molecule has 0 saturated carbocycles. The SMILES string of the molecule is OO.[I-].[I-].[Na+].[Na+]. The van der Waals surface area contributed by atoms with Crippen LogP contribution in [-0.2, 0) is 0 Å². The molecule has 0 atom stereocenters. The molecule has 0 aliphatic rings. The number of hydrogen-bond acceptors (Lipinski definition) is 2. The standard InChI is InChI=1S/2HI.2Na.H2O2/c;;;;1-2/h2*1H;;;1-2H/q;;2*+1;/p-2. The van der Waals surface area contributed by atoms with Crippen LogP contribution in [0.15, 0.2) is 0 Å². The third-order valence-corrected chi connectivity index (χ3v) is 0. The van der Waals surface area contributed by atoms with Crippen molar-refractivity contribution in [3.05, 3.63) is 0 Å².